The maximum Gasteiger partial charge on any atom is 0.170 e. The van der Waals surface area contributed by atoms with Gasteiger partial charge in [-0.1, -0.05) is 17.7 Å². The van der Waals surface area contributed by atoms with Gasteiger partial charge in [0.2, 0.25) is 0 Å². The van der Waals surface area contributed by atoms with E-state index >= 15 is 0 Å². The Kier molecular flexibility index (Phi) is 2.93. The Balaban J connectivity index is 2.20. The number of halogens is 2. The van der Waals surface area contributed by atoms with Gasteiger partial charge in [0.25, 0.3) is 0 Å². The van der Waals surface area contributed by atoms with Crippen LogP contribution in [0.2, 0.25) is 0 Å². The lowest BCUT2D eigenvalue weighted by Gasteiger charge is -2.06. The molecule has 0 aliphatic rings. The van der Waals surface area contributed by atoms with Crippen LogP contribution in [0, 0.1) is 25.5 Å². The third-order valence-corrected chi connectivity index (χ3v) is 3.25. The summed E-state index contributed by atoms with van der Waals surface area (Å²) in [6.45, 7) is 3.49. The average Bonchev–Trinajstić information content (AvgIpc) is 2.44. The summed E-state index contributed by atoms with van der Waals surface area (Å²) in [4.78, 5) is 8.43. The van der Waals surface area contributed by atoms with E-state index in [9.17, 15) is 8.78 Å². The molecule has 1 aromatic heterocycles. The number of nitrogens with zero attached hydrogens (tertiary/aromatic N) is 2. The minimum Gasteiger partial charge on any atom is -0.236 e. The minimum absolute atomic E-state index is 0.0792. The first-order valence-electron chi connectivity index (χ1n) is 6.24. The highest BCUT2D eigenvalue weighted by atomic mass is 19.2. The molecular weight excluding hydrogens is 258 g/mol. The van der Waals surface area contributed by atoms with E-state index in [2.05, 4.69) is 9.97 Å². The van der Waals surface area contributed by atoms with Crippen molar-refractivity contribution in [2.24, 2.45) is 0 Å². The number of hydrogen-bond donors (Lipinski definition) is 0. The van der Waals surface area contributed by atoms with Crippen LogP contribution in [-0.2, 0) is 0 Å². The first-order valence-corrected chi connectivity index (χ1v) is 6.24. The zero-order chi connectivity index (χ0) is 14.3. The average molecular weight is 270 g/mol. The van der Waals surface area contributed by atoms with Crippen LogP contribution < -0.4 is 0 Å². The van der Waals surface area contributed by atoms with Gasteiger partial charge in [-0.2, -0.15) is 0 Å². The fourth-order valence-corrected chi connectivity index (χ4v) is 2.10. The number of rotatable bonds is 1. The van der Waals surface area contributed by atoms with E-state index < -0.39 is 11.6 Å². The molecule has 1 heterocycles. The first-order chi connectivity index (χ1) is 9.56. The van der Waals surface area contributed by atoms with E-state index in [1.807, 2.05) is 25.1 Å². The van der Waals surface area contributed by atoms with E-state index in [4.69, 9.17) is 0 Å². The van der Waals surface area contributed by atoms with Gasteiger partial charge in [0.15, 0.2) is 17.5 Å². The standard InChI is InChI=1S/C16H12F2N2/c1-9-3-6-13-11(7-9)8-19-16(20-13)12-5-4-10(2)14(17)15(12)18/h3-8H,1-2H3. The molecule has 0 radical (unpaired) electrons. The fourth-order valence-electron chi connectivity index (χ4n) is 2.10. The van der Waals surface area contributed by atoms with Crippen LogP contribution in [-0.4, -0.2) is 9.97 Å². The molecule has 0 aliphatic heterocycles. The maximum atomic E-state index is 14.0. The van der Waals surface area contributed by atoms with Gasteiger partial charge in [-0.25, -0.2) is 18.7 Å². The summed E-state index contributed by atoms with van der Waals surface area (Å²) in [6, 6.07) is 8.74. The van der Waals surface area contributed by atoms with Crippen LogP contribution in [0.15, 0.2) is 36.5 Å². The molecule has 0 saturated heterocycles. The van der Waals surface area contributed by atoms with Crippen LogP contribution >= 0.6 is 0 Å². The van der Waals surface area contributed by atoms with E-state index in [1.54, 1.807) is 6.20 Å². The third kappa shape index (κ3) is 2.03. The van der Waals surface area contributed by atoms with Crippen molar-refractivity contribution in [3.63, 3.8) is 0 Å². The van der Waals surface area contributed by atoms with Crippen molar-refractivity contribution in [1.82, 2.24) is 9.97 Å². The van der Waals surface area contributed by atoms with Crippen LogP contribution in [0.4, 0.5) is 8.78 Å². The molecule has 0 saturated carbocycles. The zero-order valence-electron chi connectivity index (χ0n) is 11.1. The molecule has 0 N–H and O–H groups in total. The molecule has 3 rings (SSSR count). The Hall–Kier alpha value is -2.36. The summed E-state index contributed by atoms with van der Waals surface area (Å²) >= 11 is 0. The van der Waals surface area contributed by atoms with Gasteiger partial charge in [0.05, 0.1) is 11.1 Å². The Morgan fingerprint density at radius 2 is 1.75 bits per heavy atom. The molecule has 4 heteroatoms. The van der Waals surface area contributed by atoms with Gasteiger partial charge in [0, 0.05) is 11.6 Å². The van der Waals surface area contributed by atoms with E-state index in [1.165, 1.54) is 19.1 Å². The Bertz CT molecular complexity index is 813. The Morgan fingerprint density at radius 3 is 2.55 bits per heavy atom. The van der Waals surface area contributed by atoms with Crippen LogP contribution in [0.1, 0.15) is 11.1 Å². The molecule has 0 spiro atoms. The summed E-state index contributed by atoms with van der Waals surface area (Å²) < 4.78 is 27.6. The predicted molar refractivity (Wildman–Crippen MR) is 74.4 cm³/mol. The van der Waals surface area contributed by atoms with Gasteiger partial charge in [-0.05, 0) is 37.6 Å². The van der Waals surface area contributed by atoms with Crippen molar-refractivity contribution in [1.29, 1.82) is 0 Å². The quantitative estimate of drug-likeness (QED) is 0.662. The number of aromatic nitrogens is 2. The monoisotopic (exact) mass is 270 g/mol. The molecule has 0 amide bonds. The van der Waals surface area contributed by atoms with Crippen LogP contribution in [0.3, 0.4) is 0 Å². The molecule has 0 unspecified atom stereocenters. The molecule has 2 aromatic carbocycles. The van der Waals surface area contributed by atoms with Crippen molar-refractivity contribution in [2.45, 2.75) is 13.8 Å². The molecule has 100 valence electrons. The SMILES string of the molecule is Cc1ccc2nc(-c3ccc(C)c(F)c3F)ncc2c1. The molecule has 3 aromatic rings. The van der Waals surface area contributed by atoms with Crippen LogP contribution in [0.25, 0.3) is 22.3 Å². The second-order valence-electron chi connectivity index (χ2n) is 4.81. The van der Waals surface area contributed by atoms with Crippen LogP contribution in [0.5, 0.6) is 0 Å². The summed E-state index contributed by atoms with van der Waals surface area (Å²) in [6.07, 6.45) is 1.63. The summed E-state index contributed by atoms with van der Waals surface area (Å²) in [5, 5.41) is 0.877. The summed E-state index contributed by atoms with van der Waals surface area (Å²) in [7, 11) is 0. The maximum absolute atomic E-state index is 14.0. The van der Waals surface area contributed by atoms with E-state index in [0.717, 1.165) is 10.9 Å². The lowest BCUT2D eigenvalue weighted by molar-refractivity contribution is 0.505. The molecule has 0 aliphatic carbocycles. The summed E-state index contributed by atoms with van der Waals surface area (Å²) in [5.41, 5.74) is 2.15. The molecule has 0 bridgehead atoms. The largest absolute Gasteiger partial charge is 0.236 e. The normalized spacial score (nSPS) is 11.0. The zero-order valence-corrected chi connectivity index (χ0v) is 11.1. The lowest BCUT2D eigenvalue weighted by Crippen LogP contribution is -1.97. The second kappa shape index (κ2) is 4.63. The molecular formula is C16H12F2N2. The highest BCUT2D eigenvalue weighted by Gasteiger charge is 2.14. The van der Waals surface area contributed by atoms with Crippen molar-refractivity contribution >= 4 is 10.9 Å². The topological polar surface area (TPSA) is 25.8 Å². The van der Waals surface area contributed by atoms with Crippen molar-refractivity contribution < 1.29 is 8.78 Å². The van der Waals surface area contributed by atoms with Crippen molar-refractivity contribution in [3.05, 3.63) is 59.3 Å². The minimum atomic E-state index is -0.906. The van der Waals surface area contributed by atoms with Gasteiger partial charge < -0.3 is 0 Å². The molecule has 0 atom stereocenters. The molecule has 2 nitrogen and oxygen atoms in total. The number of benzene rings is 2. The summed E-state index contributed by atoms with van der Waals surface area (Å²) in [5.74, 6) is -1.57. The Morgan fingerprint density at radius 1 is 0.950 bits per heavy atom. The van der Waals surface area contributed by atoms with Gasteiger partial charge >= 0.3 is 0 Å². The second-order valence-corrected chi connectivity index (χ2v) is 4.81. The third-order valence-electron chi connectivity index (χ3n) is 3.25. The Labute approximate surface area is 115 Å². The van der Waals surface area contributed by atoms with Gasteiger partial charge in [-0.15, -0.1) is 0 Å². The van der Waals surface area contributed by atoms with E-state index in [0.29, 0.717) is 5.52 Å². The van der Waals surface area contributed by atoms with E-state index in [-0.39, 0.29) is 17.0 Å². The number of fused-ring (bicyclic) bond motifs is 1. The first kappa shape index (κ1) is 12.7. The van der Waals surface area contributed by atoms with Crippen molar-refractivity contribution in [3.8, 4) is 11.4 Å². The fraction of sp³-hybridized carbons (Fsp3) is 0.125. The predicted octanol–water partition coefficient (Wildman–Crippen LogP) is 4.19. The molecule has 20 heavy (non-hydrogen) atoms. The smallest absolute Gasteiger partial charge is 0.170 e. The number of aryl methyl sites for hydroxylation is 2. The highest BCUT2D eigenvalue weighted by molar-refractivity contribution is 5.80. The van der Waals surface area contributed by atoms with Gasteiger partial charge in [0.1, 0.15) is 0 Å². The lowest BCUT2D eigenvalue weighted by atomic mass is 10.1. The van der Waals surface area contributed by atoms with Gasteiger partial charge in [-0.3, -0.25) is 0 Å². The number of hydrogen-bond acceptors (Lipinski definition) is 2. The van der Waals surface area contributed by atoms with Crippen molar-refractivity contribution in [2.75, 3.05) is 0 Å². The highest BCUT2D eigenvalue weighted by Crippen LogP contribution is 2.25. The molecule has 0 fully saturated rings.